The second kappa shape index (κ2) is 6.87. The van der Waals surface area contributed by atoms with E-state index in [4.69, 9.17) is 4.74 Å². The number of anilines is 1. The largest absolute Gasteiger partial charge is 0.487 e. The zero-order chi connectivity index (χ0) is 17.0. The first-order chi connectivity index (χ1) is 10.9. The van der Waals surface area contributed by atoms with Crippen molar-refractivity contribution in [3.63, 3.8) is 0 Å². The molecular weight excluding hydrogens is 303 g/mol. The minimum absolute atomic E-state index is 0.0199. The van der Waals surface area contributed by atoms with Crippen LogP contribution in [-0.4, -0.2) is 17.4 Å². The average Bonchev–Trinajstić information content (AvgIpc) is 2.51. The molecule has 0 aliphatic rings. The lowest BCUT2D eigenvalue weighted by Crippen LogP contribution is -2.13. The molecule has 6 nitrogen and oxygen atoms in total. The molecule has 0 spiro atoms. The minimum atomic E-state index is -0.638. The Morgan fingerprint density at radius 1 is 1.30 bits per heavy atom. The number of amides is 1. The summed E-state index contributed by atoms with van der Waals surface area (Å²) in [6.45, 7) is 3.72. The molecule has 0 heterocycles. The molecule has 0 atom stereocenters. The molecule has 0 aliphatic carbocycles. The fraction of sp³-hybridized carbons (Fsp3) is 0.188. The van der Waals surface area contributed by atoms with Crippen molar-refractivity contribution in [2.24, 2.45) is 0 Å². The number of nitro groups is 1. The lowest BCUT2D eigenvalue weighted by molar-refractivity contribution is -0.385. The number of hydrogen-bond donors (Lipinski definition) is 1. The van der Waals surface area contributed by atoms with Crippen LogP contribution in [0.5, 0.6) is 5.75 Å². The first-order valence-electron chi connectivity index (χ1n) is 6.91. The van der Waals surface area contributed by atoms with Crippen molar-refractivity contribution < 1.29 is 18.8 Å². The smallest absolute Gasteiger partial charge is 0.311 e. The van der Waals surface area contributed by atoms with Gasteiger partial charge in [0.1, 0.15) is 5.82 Å². The van der Waals surface area contributed by atoms with Gasteiger partial charge in [0.15, 0.2) is 5.75 Å². The number of carbonyl (C=O) groups is 1. The van der Waals surface area contributed by atoms with E-state index in [2.05, 4.69) is 5.32 Å². The monoisotopic (exact) mass is 318 g/mol. The van der Waals surface area contributed by atoms with Crippen molar-refractivity contribution in [3.8, 4) is 5.75 Å². The lowest BCUT2D eigenvalue weighted by atomic mass is 10.1. The molecule has 0 bridgehead atoms. The lowest BCUT2D eigenvalue weighted by Gasteiger charge is -2.09. The number of ether oxygens (including phenoxy) is 1. The summed E-state index contributed by atoms with van der Waals surface area (Å²) in [7, 11) is 0. The van der Waals surface area contributed by atoms with E-state index in [9.17, 15) is 19.3 Å². The quantitative estimate of drug-likeness (QED) is 0.673. The van der Waals surface area contributed by atoms with Crippen LogP contribution in [0.3, 0.4) is 0 Å². The number of hydrogen-bond acceptors (Lipinski definition) is 4. The maximum atomic E-state index is 13.7. The predicted molar refractivity (Wildman–Crippen MR) is 83.4 cm³/mol. The topological polar surface area (TPSA) is 81.5 Å². The van der Waals surface area contributed by atoms with E-state index in [1.54, 1.807) is 19.9 Å². The zero-order valence-electron chi connectivity index (χ0n) is 12.6. The second-order valence-electron chi connectivity index (χ2n) is 4.81. The summed E-state index contributed by atoms with van der Waals surface area (Å²) in [5.41, 5.74) is 0.524. The average molecular weight is 318 g/mol. The van der Waals surface area contributed by atoms with Crippen molar-refractivity contribution in [2.75, 3.05) is 11.9 Å². The van der Waals surface area contributed by atoms with Gasteiger partial charge in [0, 0.05) is 11.6 Å². The third-order valence-corrected chi connectivity index (χ3v) is 3.09. The zero-order valence-corrected chi connectivity index (χ0v) is 12.6. The van der Waals surface area contributed by atoms with Crippen molar-refractivity contribution in [1.29, 1.82) is 0 Å². The van der Waals surface area contributed by atoms with E-state index in [1.165, 1.54) is 24.3 Å². The maximum absolute atomic E-state index is 13.7. The van der Waals surface area contributed by atoms with Crippen LogP contribution in [0, 0.1) is 22.9 Å². The van der Waals surface area contributed by atoms with Crippen LogP contribution >= 0.6 is 0 Å². The molecule has 1 N–H and O–H groups in total. The van der Waals surface area contributed by atoms with Gasteiger partial charge in [0.25, 0.3) is 5.91 Å². The molecular formula is C16H15FN2O4. The van der Waals surface area contributed by atoms with Crippen LogP contribution in [0.25, 0.3) is 0 Å². The van der Waals surface area contributed by atoms with Gasteiger partial charge in [-0.05, 0) is 43.7 Å². The summed E-state index contributed by atoms with van der Waals surface area (Å²) < 4.78 is 18.8. The highest BCUT2D eigenvalue weighted by molar-refractivity contribution is 6.05. The minimum Gasteiger partial charge on any atom is -0.487 e. The van der Waals surface area contributed by atoms with Gasteiger partial charge in [-0.3, -0.25) is 14.9 Å². The highest BCUT2D eigenvalue weighted by atomic mass is 19.1. The van der Waals surface area contributed by atoms with Crippen LogP contribution in [0.4, 0.5) is 15.8 Å². The van der Waals surface area contributed by atoms with Gasteiger partial charge in [-0.25, -0.2) is 4.39 Å². The van der Waals surface area contributed by atoms with E-state index in [1.807, 2.05) is 0 Å². The van der Waals surface area contributed by atoms with Crippen molar-refractivity contribution in [1.82, 2.24) is 0 Å². The summed E-state index contributed by atoms with van der Waals surface area (Å²) in [6, 6.07) is 8.15. The Morgan fingerprint density at radius 3 is 2.70 bits per heavy atom. The molecule has 2 aromatic rings. The summed E-state index contributed by atoms with van der Waals surface area (Å²) in [5.74, 6) is -1.14. The Hall–Kier alpha value is -2.96. The molecule has 23 heavy (non-hydrogen) atoms. The van der Waals surface area contributed by atoms with E-state index < -0.39 is 16.6 Å². The maximum Gasteiger partial charge on any atom is 0.311 e. The van der Waals surface area contributed by atoms with Gasteiger partial charge in [0.05, 0.1) is 17.2 Å². The van der Waals surface area contributed by atoms with Gasteiger partial charge in [-0.1, -0.05) is 6.07 Å². The third-order valence-electron chi connectivity index (χ3n) is 3.09. The van der Waals surface area contributed by atoms with Gasteiger partial charge in [-0.2, -0.15) is 0 Å². The molecule has 0 fully saturated rings. The third kappa shape index (κ3) is 3.82. The summed E-state index contributed by atoms with van der Waals surface area (Å²) in [6.07, 6.45) is 0. The molecule has 0 unspecified atom stereocenters. The number of carbonyl (C=O) groups excluding carboxylic acids is 1. The van der Waals surface area contributed by atoms with E-state index >= 15 is 0 Å². The molecule has 0 aromatic heterocycles. The summed E-state index contributed by atoms with van der Waals surface area (Å²) >= 11 is 0. The van der Waals surface area contributed by atoms with E-state index in [-0.39, 0.29) is 29.3 Å². The van der Waals surface area contributed by atoms with Crippen molar-refractivity contribution in [3.05, 3.63) is 63.5 Å². The van der Waals surface area contributed by atoms with Gasteiger partial charge in [-0.15, -0.1) is 0 Å². The molecule has 120 valence electrons. The Kier molecular flexibility index (Phi) is 4.90. The van der Waals surface area contributed by atoms with Crippen LogP contribution < -0.4 is 10.1 Å². The molecule has 7 heteroatoms. The first-order valence-corrected chi connectivity index (χ1v) is 6.91. The second-order valence-corrected chi connectivity index (χ2v) is 4.81. The highest BCUT2D eigenvalue weighted by Gasteiger charge is 2.19. The SMILES string of the molecule is CCOc1ccc(C(=O)Nc2cc(C)ccc2F)cc1[N+](=O)[O-]. The predicted octanol–water partition coefficient (Wildman–Crippen LogP) is 3.69. The van der Waals surface area contributed by atoms with Gasteiger partial charge >= 0.3 is 5.69 Å². The Bertz CT molecular complexity index is 762. The molecule has 0 radical (unpaired) electrons. The summed E-state index contributed by atoms with van der Waals surface area (Å²) in [5, 5.41) is 13.5. The Morgan fingerprint density at radius 2 is 2.04 bits per heavy atom. The van der Waals surface area contributed by atoms with Gasteiger partial charge in [0.2, 0.25) is 0 Å². The Labute approximate surface area is 132 Å². The highest BCUT2D eigenvalue weighted by Crippen LogP contribution is 2.28. The van der Waals surface area contributed by atoms with Gasteiger partial charge < -0.3 is 10.1 Å². The molecule has 1 amide bonds. The normalized spacial score (nSPS) is 10.2. The van der Waals surface area contributed by atoms with Crippen molar-refractivity contribution >= 4 is 17.3 Å². The molecule has 0 saturated carbocycles. The van der Waals surface area contributed by atoms with E-state index in [0.29, 0.717) is 0 Å². The standard InChI is InChI=1S/C16H15FN2O4/c1-3-23-15-7-5-11(9-14(15)19(21)22)16(20)18-13-8-10(2)4-6-12(13)17/h4-9H,3H2,1-2H3,(H,18,20). The number of nitrogens with zero attached hydrogens (tertiary/aromatic N) is 1. The van der Waals surface area contributed by atoms with Crippen LogP contribution in [0.2, 0.25) is 0 Å². The molecule has 2 aromatic carbocycles. The number of benzene rings is 2. The van der Waals surface area contributed by atoms with Crippen LogP contribution in [-0.2, 0) is 0 Å². The van der Waals surface area contributed by atoms with Crippen LogP contribution in [0.15, 0.2) is 36.4 Å². The number of aryl methyl sites for hydroxylation is 1. The molecule has 0 aliphatic heterocycles. The summed E-state index contributed by atoms with van der Waals surface area (Å²) in [4.78, 5) is 22.6. The molecule has 0 saturated heterocycles. The van der Waals surface area contributed by atoms with Crippen LogP contribution in [0.1, 0.15) is 22.8 Å². The number of rotatable bonds is 5. The first kappa shape index (κ1) is 16.4. The molecule has 2 rings (SSSR count). The number of nitrogens with one attached hydrogen (secondary N) is 1. The fourth-order valence-corrected chi connectivity index (χ4v) is 2.01. The fourth-order valence-electron chi connectivity index (χ4n) is 2.01. The number of halogens is 1. The van der Waals surface area contributed by atoms with Crippen molar-refractivity contribution in [2.45, 2.75) is 13.8 Å². The van der Waals surface area contributed by atoms with E-state index in [0.717, 1.165) is 11.6 Å². The Balaban J connectivity index is 2.30. The number of nitro benzene ring substituents is 1.